The van der Waals surface area contributed by atoms with Crippen LogP contribution in [0, 0.1) is 6.92 Å². The van der Waals surface area contributed by atoms with E-state index in [4.69, 9.17) is 0 Å². The summed E-state index contributed by atoms with van der Waals surface area (Å²) in [6.07, 6.45) is 4.67. The first-order chi connectivity index (χ1) is 11.0. The van der Waals surface area contributed by atoms with Gasteiger partial charge in [0.15, 0.2) is 0 Å². The van der Waals surface area contributed by atoms with E-state index in [1.165, 1.54) is 0 Å². The second kappa shape index (κ2) is 6.40. The van der Waals surface area contributed by atoms with Gasteiger partial charge in [0.25, 0.3) is 0 Å². The van der Waals surface area contributed by atoms with Gasteiger partial charge in [0, 0.05) is 62.1 Å². The van der Waals surface area contributed by atoms with Gasteiger partial charge in [-0.3, -0.25) is 9.78 Å². The largest absolute Gasteiger partial charge is 0.378 e. The van der Waals surface area contributed by atoms with Crippen molar-refractivity contribution in [2.75, 3.05) is 32.1 Å². The number of rotatable bonds is 4. The first kappa shape index (κ1) is 15.5. The molecule has 0 radical (unpaired) electrons. The number of nitrogens with zero attached hydrogens (tertiary/aromatic N) is 4. The normalized spacial score (nSPS) is 17.5. The van der Waals surface area contributed by atoms with Crippen LogP contribution in [-0.4, -0.2) is 52.9 Å². The third-order valence-electron chi connectivity index (χ3n) is 4.33. The molecule has 23 heavy (non-hydrogen) atoms. The Balaban J connectivity index is 1.68. The molecular weight excluding hydrogens is 290 g/mol. The number of hydrogen-bond acceptors (Lipinski definition) is 4. The summed E-state index contributed by atoms with van der Waals surface area (Å²) in [5, 5.41) is 0. The van der Waals surface area contributed by atoms with E-state index in [-0.39, 0.29) is 5.91 Å². The third-order valence-corrected chi connectivity index (χ3v) is 4.33. The van der Waals surface area contributed by atoms with E-state index < -0.39 is 0 Å². The van der Waals surface area contributed by atoms with Crippen LogP contribution in [0.2, 0.25) is 0 Å². The van der Waals surface area contributed by atoms with Crippen LogP contribution < -0.4 is 4.90 Å². The molecule has 2 aromatic heterocycles. The van der Waals surface area contributed by atoms with Crippen molar-refractivity contribution in [2.45, 2.75) is 25.7 Å². The van der Waals surface area contributed by atoms with Gasteiger partial charge in [-0.05, 0) is 25.5 Å². The van der Waals surface area contributed by atoms with Crippen LogP contribution in [0.5, 0.6) is 0 Å². The molecule has 1 aliphatic heterocycles. The van der Waals surface area contributed by atoms with Crippen LogP contribution in [0.15, 0.2) is 24.7 Å². The Morgan fingerprint density at radius 2 is 2.26 bits per heavy atom. The molecule has 6 nitrogen and oxygen atoms in total. The van der Waals surface area contributed by atoms with E-state index in [1.54, 1.807) is 12.5 Å². The van der Waals surface area contributed by atoms with Gasteiger partial charge in [0.05, 0.1) is 12.7 Å². The van der Waals surface area contributed by atoms with Gasteiger partial charge in [0.2, 0.25) is 5.91 Å². The van der Waals surface area contributed by atoms with E-state index in [1.807, 2.05) is 25.9 Å². The Morgan fingerprint density at radius 1 is 1.43 bits per heavy atom. The Labute approximate surface area is 136 Å². The Hall–Kier alpha value is -2.37. The maximum Gasteiger partial charge on any atom is 0.228 e. The van der Waals surface area contributed by atoms with E-state index in [0.29, 0.717) is 12.3 Å². The molecule has 1 fully saturated rings. The molecule has 0 spiro atoms. The second-order valence-corrected chi connectivity index (χ2v) is 6.36. The summed E-state index contributed by atoms with van der Waals surface area (Å²) in [6.45, 7) is 3.56. The third kappa shape index (κ3) is 3.52. The highest BCUT2D eigenvalue weighted by molar-refractivity contribution is 5.78. The fourth-order valence-corrected chi connectivity index (χ4v) is 3.03. The average molecular weight is 313 g/mol. The number of hydrogen-bond donors (Lipinski definition) is 1. The fourth-order valence-electron chi connectivity index (χ4n) is 3.03. The molecule has 0 aliphatic carbocycles. The zero-order valence-corrected chi connectivity index (χ0v) is 13.9. The molecule has 0 aromatic carbocycles. The Morgan fingerprint density at radius 3 is 2.96 bits per heavy atom. The molecule has 1 aliphatic rings. The number of likely N-dealkylation sites (tertiary alicyclic amines) is 1. The molecule has 1 amide bonds. The SMILES string of the molecule is Cc1cc(N(C)C)cc([C@@H]2CCN(C(=O)Cc3cnc[nH]3)C2)n1. The smallest absolute Gasteiger partial charge is 0.228 e. The summed E-state index contributed by atoms with van der Waals surface area (Å²) in [5.41, 5.74) is 4.13. The van der Waals surface area contributed by atoms with Crippen molar-refractivity contribution in [2.24, 2.45) is 0 Å². The number of amides is 1. The summed E-state index contributed by atoms with van der Waals surface area (Å²) in [4.78, 5) is 28.0. The van der Waals surface area contributed by atoms with E-state index in [2.05, 4.69) is 32.0 Å². The standard InChI is InChI=1S/C17H23N5O/c1-12-6-15(21(2)3)8-16(20-12)13-4-5-22(10-13)17(23)7-14-9-18-11-19-14/h6,8-9,11,13H,4-5,7,10H2,1-3H3,(H,18,19)/t13-/m1/s1. The molecule has 0 bridgehead atoms. The lowest BCUT2D eigenvalue weighted by Crippen LogP contribution is -2.30. The predicted molar refractivity (Wildman–Crippen MR) is 89.5 cm³/mol. The molecule has 3 heterocycles. The molecule has 1 N–H and O–H groups in total. The van der Waals surface area contributed by atoms with Gasteiger partial charge in [-0.25, -0.2) is 4.98 Å². The summed E-state index contributed by atoms with van der Waals surface area (Å²) in [5.74, 6) is 0.469. The minimum absolute atomic E-state index is 0.150. The predicted octanol–water partition coefficient (Wildman–Crippen LogP) is 1.74. The van der Waals surface area contributed by atoms with Crippen molar-refractivity contribution in [3.05, 3.63) is 41.7 Å². The van der Waals surface area contributed by atoms with Crippen molar-refractivity contribution in [1.29, 1.82) is 0 Å². The van der Waals surface area contributed by atoms with Crippen molar-refractivity contribution in [1.82, 2.24) is 19.9 Å². The monoisotopic (exact) mass is 313 g/mol. The zero-order valence-electron chi connectivity index (χ0n) is 13.9. The molecule has 0 saturated carbocycles. The number of aryl methyl sites for hydroxylation is 1. The lowest BCUT2D eigenvalue weighted by Gasteiger charge is -2.18. The zero-order chi connectivity index (χ0) is 16.4. The van der Waals surface area contributed by atoms with Crippen LogP contribution >= 0.6 is 0 Å². The van der Waals surface area contributed by atoms with Crippen molar-refractivity contribution in [3.8, 4) is 0 Å². The summed E-state index contributed by atoms with van der Waals surface area (Å²) < 4.78 is 0. The van der Waals surface area contributed by atoms with Crippen molar-refractivity contribution in [3.63, 3.8) is 0 Å². The number of carbonyl (C=O) groups is 1. The lowest BCUT2D eigenvalue weighted by molar-refractivity contribution is -0.129. The first-order valence-corrected chi connectivity index (χ1v) is 7.94. The van der Waals surface area contributed by atoms with Crippen LogP contribution in [0.25, 0.3) is 0 Å². The lowest BCUT2D eigenvalue weighted by atomic mass is 10.0. The Bertz CT molecular complexity index is 680. The maximum atomic E-state index is 12.4. The molecule has 122 valence electrons. The van der Waals surface area contributed by atoms with Crippen LogP contribution in [0.4, 0.5) is 5.69 Å². The number of aromatic nitrogens is 3. The number of H-pyrrole nitrogens is 1. The highest BCUT2D eigenvalue weighted by atomic mass is 16.2. The number of imidazole rings is 1. The molecule has 3 rings (SSSR count). The van der Waals surface area contributed by atoms with E-state index in [0.717, 1.165) is 42.3 Å². The van der Waals surface area contributed by atoms with Gasteiger partial charge in [0.1, 0.15) is 0 Å². The van der Waals surface area contributed by atoms with E-state index in [9.17, 15) is 4.79 Å². The van der Waals surface area contributed by atoms with Crippen LogP contribution in [0.3, 0.4) is 0 Å². The molecule has 1 saturated heterocycles. The summed E-state index contributed by atoms with van der Waals surface area (Å²) >= 11 is 0. The summed E-state index contributed by atoms with van der Waals surface area (Å²) in [6, 6.07) is 4.22. The first-order valence-electron chi connectivity index (χ1n) is 7.94. The highest BCUT2D eigenvalue weighted by Crippen LogP contribution is 2.28. The van der Waals surface area contributed by atoms with Gasteiger partial charge >= 0.3 is 0 Å². The van der Waals surface area contributed by atoms with Crippen LogP contribution in [0.1, 0.15) is 29.4 Å². The van der Waals surface area contributed by atoms with Gasteiger partial charge in [-0.2, -0.15) is 0 Å². The fraction of sp³-hybridized carbons (Fsp3) is 0.471. The number of pyridine rings is 1. The number of anilines is 1. The van der Waals surface area contributed by atoms with Crippen LogP contribution in [-0.2, 0) is 11.2 Å². The number of carbonyl (C=O) groups excluding carboxylic acids is 1. The quantitative estimate of drug-likeness (QED) is 0.934. The minimum atomic E-state index is 0.150. The maximum absolute atomic E-state index is 12.4. The van der Waals surface area contributed by atoms with E-state index >= 15 is 0 Å². The summed E-state index contributed by atoms with van der Waals surface area (Å²) in [7, 11) is 4.07. The number of nitrogens with one attached hydrogen (secondary N) is 1. The second-order valence-electron chi connectivity index (χ2n) is 6.36. The molecule has 0 unspecified atom stereocenters. The topological polar surface area (TPSA) is 65.1 Å². The van der Waals surface area contributed by atoms with Crippen molar-refractivity contribution >= 4 is 11.6 Å². The molecule has 1 atom stereocenters. The van der Waals surface area contributed by atoms with Gasteiger partial charge in [-0.1, -0.05) is 0 Å². The average Bonchev–Trinajstić information content (AvgIpc) is 3.17. The minimum Gasteiger partial charge on any atom is -0.378 e. The molecule has 2 aromatic rings. The van der Waals surface area contributed by atoms with Gasteiger partial charge < -0.3 is 14.8 Å². The molecular formula is C17H23N5O. The van der Waals surface area contributed by atoms with Crippen molar-refractivity contribution < 1.29 is 4.79 Å². The Kier molecular flexibility index (Phi) is 4.32. The molecule has 6 heteroatoms. The highest BCUT2D eigenvalue weighted by Gasteiger charge is 2.28. The van der Waals surface area contributed by atoms with Gasteiger partial charge in [-0.15, -0.1) is 0 Å². The number of aromatic amines is 1.